The van der Waals surface area contributed by atoms with E-state index in [9.17, 15) is 4.79 Å². The standard InChI is InChI=1S/C19H21Cl2N3O/c1-3-22-11-13(2)24-9-7-18-15(19(24)25)6-8-23(18)12-14-4-5-16(20)17(21)10-14/h4-10,13,22H,3,11-12H2,1-2H3/t13-/m1/s1. The van der Waals surface area contributed by atoms with Crippen molar-refractivity contribution in [3.05, 3.63) is 68.7 Å². The van der Waals surface area contributed by atoms with E-state index in [0.29, 0.717) is 16.6 Å². The quantitative estimate of drug-likeness (QED) is 0.694. The molecule has 4 nitrogen and oxygen atoms in total. The molecule has 2 aromatic heterocycles. The molecule has 6 heteroatoms. The van der Waals surface area contributed by atoms with Crippen LogP contribution in [0.1, 0.15) is 25.5 Å². The zero-order valence-corrected chi connectivity index (χ0v) is 15.8. The SMILES string of the molecule is CCNC[C@@H](C)n1ccc2c(ccn2Cc2ccc(Cl)c(Cl)c2)c1=O. The van der Waals surface area contributed by atoms with Gasteiger partial charge in [0.1, 0.15) is 0 Å². The fourth-order valence-electron chi connectivity index (χ4n) is 2.98. The van der Waals surface area contributed by atoms with Gasteiger partial charge >= 0.3 is 0 Å². The number of likely N-dealkylation sites (N-methyl/N-ethyl adjacent to an activating group) is 1. The molecule has 0 bridgehead atoms. The zero-order valence-electron chi connectivity index (χ0n) is 14.3. The molecule has 0 amide bonds. The highest BCUT2D eigenvalue weighted by molar-refractivity contribution is 6.42. The lowest BCUT2D eigenvalue weighted by atomic mass is 10.2. The highest BCUT2D eigenvalue weighted by Gasteiger charge is 2.11. The maximum atomic E-state index is 12.8. The van der Waals surface area contributed by atoms with Gasteiger partial charge in [0, 0.05) is 31.5 Å². The Balaban J connectivity index is 1.93. The van der Waals surface area contributed by atoms with Crippen molar-refractivity contribution in [2.75, 3.05) is 13.1 Å². The van der Waals surface area contributed by atoms with Crippen LogP contribution in [0.25, 0.3) is 10.9 Å². The second kappa shape index (κ2) is 7.65. The fraction of sp³-hybridized carbons (Fsp3) is 0.316. The second-order valence-electron chi connectivity index (χ2n) is 6.18. The Morgan fingerprint density at radius 3 is 2.64 bits per heavy atom. The van der Waals surface area contributed by atoms with E-state index in [1.807, 2.05) is 43.6 Å². The topological polar surface area (TPSA) is 39.0 Å². The summed E-state index contributed by atoms with van der Waals surface area (Å²) < 4.78 is 3.84. The number of benzene rings is 1. The largest absolute Gasteiger partial charge is 0.343 e. The lowest BCUT2D eigenvalue weighted by molar-refractivity contribution is 0.491. The van der Waals surface area contributed by atoms with E-state index in [2.05, 4.69) is 16.8 Å². The summed E-state index contributed by atoms with van der Waals surface area (Å²) >= 11 is 12.1. The third-order valence-corrected chi connectivity index (χ3v) is 5.11. The van der Waals surface area contributed by atoms with Gasteiger partial charge in [0.15, 0.2) is 0 Å². The van der Waals surface area contributed by atoms with Crippen LogP contribution in [0.2, 0.25) is 10.0 Å². The summed E-state index contributed by atoms with van der Waals surface area (Å²) in [4.78, 5) is 12.8. The van der Waals surface area contributed by atoms with Gasteiger partial charge in [0.25, 0.3) is 5.56 Å². The van der Waals surface area contributed by atoms with E-state index in [1.165, 1.54) is 0 Å². The van der Waals surface area contributed by atoms with Crippen molar-refractivity contribution in [1.29, 1.82) is 0 Å². The van der Waals surface area contributed by atoms with Crippen LogP contribution < -0.4 is 10.9 Å². The normalized spacial score (nSPS) is 12.6. The van der Waals surface area contributed by atoms with Crippen LogP contribution in [-0.4, -0.2) is 22.2 Å². The van der Waals surface area contributed by atoms with Gasteiger partial charge in [0.2, 0.25) is 0 Å². The first kappa shape index (κ1) is 18.1. The van der Waals surface area contributed by atoms with Crippen molar-refractivity contribution in [3.8, 4) is 0 Å². The Hall–Kier alpha value is -1.75. The molecule has 0 fully saturated rings. The van der Waals surface area contributed by atoms with E-state index in [1.54, 1.807) is 10.6 Å². The molecule has 0 spiro atoms. The van der Waals surface area contributed by atoms with Gasteiger partial charge in [-0.15, -0.1) is 0 Å². The molecule has 0 aliphatic carbocycles. The maximum Gasteiger partial charge on any atom is 0.260 e. The maximum absolute atomic E-state index is 12.8. The molecule has 0 aliphatic rings. The van der Waals surface area contributed by atoms with Crippen LogP contribution in [0.4, 0.5) is 0 Å². The van der Waals surface area contributed by atoms with Gasteiger partial charge in [-0.2, -0.15) is 0 Å². The van der Waals surface area contributed by atoms with Crippen LogP contribution in [0.5, 0.6) is 0 Å². The van der Waals surface area contributed by atoms with Gasteiger partial charge in [-0.1, -0.05) is 36.2 Å². The lowest BCUT2D eigenvalue weighted by Gasteiger charge is -2.16. The van der Waals surface area contributed by atoms with E-state index in [4.69, 9.17) is 23.2 Å². The Morgan fingerprint density at radius 2 is 1.92 bits per heavy atom. The number of hydrogen-bond acceptors (Lipinski definition) is 2. The first-order valence-corrected chi connectivity index (χ1v) is 9.11. The minimum Gasteiger partial charge on any atom is -0.343 e. The summed E-state index contributed by atoms with van der Waals surface area (Å²) in [5.74, 6) is 0. The number of rotatable bonds is 6. The summed E-state index contributed by atoms with van der Waals surface area (Å²) in [5, 5.41) is 5.09. The summed E-state index contributed by atoms with van der Waals surface area (Å²) in [7, 11) is 0. The van der Waals surface area contributed by atoms with Gasteiger partial charge in [0.05, 0.1) is 20.9 Å². The molecule has 0 saturated heterocycles. The molecule has 1 aromatic carbocycles. The van der Waals surface area contributed by atoms with E-state index < -0.39 is 0 Å². The molecule has 0 aliphatic heterocycles. The smallest absolute Gasteiger partial charge is 0.260 e. The molecule has 0 unspecified atom stereocenters. The molecule has 25 heavy (non-hydrogen) atoms. The van der Waals surface area contributed by atoms with Gasteiger partial charge in [-0.05, 0) is 43.3 Å². The molecule has 3 aromatic rings. The van der Waals surface area contributed by atoms with E-state index >= 15 is 0 Å². The Labute approximate surface area is 157 Å². The number of aromatic nitrogens is 2. The van der Waals surface area contributed by atoms with Crippen molar-refractivity contribution < 1.29 is 0 Å². The van der Waals surface area contributed by atoms with Crippen molar-refractivity contribution in [1.82, 2.24) is 14.5 Å². The number of fused-ring (bicyclic) bond motifs is 1. The molecule has 3 rings (SSSR count). The fourth-order valence-corrected chi connectivity index (χ4v) is 3.30. The number of hydrogen-bond donors (Lipinski definition) is 1. The zero-order chi connectivity index (χ0) is 18.0. The highest BCUT2D eigenvalue weighted by Crippen LogP contribution is 2.24. The van der Waals surface area contributed by atoms with E-state index in [0.717, 1.165) is 29.6 Å². The molecule has 1 N–H and O–H groups in total. The van der Waals surface area contributed by atoms with Crippen LogP contribution in [0.3, 0.4) is 0 Å². The third kappa shape index (κ3) is 3.76. The molecular weight excluding hydrogens is 357 g/mol. The molecule has 2 heterocycles. The van der Waals surface area contributed by atoms with Crippen LogP contribution in [0, 0.1) is 0 Å². The van der Waals surface area contributed by atoms with E-state index in [-0.39, 0.29) is 11.6 Å². The van der Waals surface area contributed by atoms with Crippen molar-refractivity contribution >= 4 is 34.1 Å². The van der Waals surface area contributed by atoms with Gasteiger partial charge < -0.3 is 14.5 Å². The molecule has 0 saturated carbocycles. The minimum atomic E-state index is 0.0378. The Morgan fingerprint density at radius 1 is 1.12 bits per heavy atom. The second-order valence-corrected chi connectivity index (χ2v) is 6.99. The van der Waals surface area contributed by atoms with Gasteiger partial charge in [-0.3, -0.25) is 4.79 Å². The van der Waals surface area contributed by atoms with Crippen LogP contribution in [-0.2, 0) is 6.54 Å². The Kier molecular flexibility index (Phi) is 5.52. The number of nitrogens with one attached hydrogen (secondary N) is 1. The molecular formula is C19H21Cl2N3O. The Bertz CT molecular complexity index is 945. The predicted molar refractivity (Wildman–Crippen MR) is 105 cm³/mol. The van der Waals surface area contributed by atoms with Crippen molar-refractivity contribution in [2.45, 2.75) is 26.4 Å². The van der Waals surface area contributed by atoms with Crippen LogP contribution in [0.15, 0.2) is 47.5 Å². The average Bonchev–Trinajstić information content (AvgIpc) is 3.00. The highest BCUT2D eigenvalue weighted by atomic mass is 35.5. The third-order valence-electron chi connectivity index (χ3n) is 4.37. The summed E-state index contributed by atoms with van der Waals surface area (Å²) in [6.45, 7) is 6.40. The first-order chi connectivity index (χ1) is 12.0. The molecule has 1 atom stereocenters. The lowest BCUT2D eigenvalue weighted by Crippen LogP contribution is -2.30. The summed E-state index contributed by atoms with van der Waals surface area (Å²) in [6.07, 6.45) is 3.81. The van der Waals surface area contributed by atoms with Crippen LogP contribution >= 0.6 is 23.2 Å². The molecule has 132 valence electrons. The number of pyridine rings is 1. The summed E-state index contributed by atoms with van der Waals surface area (Å²) in [6, 6.07) is 9.58. The van der Waals surface area contributed by atoms with Crippen molar-refractivity contribution in [2.24, 2.45) is 0 Å². The number of nitrogens with zero attached hydrogens (tertiary/aromatic N) is 2. The minimum absolute atomic E-state index is 0.0378. The monoisotopic (exact) mass is 377 g/mol. The van der Waals surface area contributed by atoms with Crippen molar-refractivity contribution in [3.63, 3.8) is 0 Å². The van der Waals surface area contributed by atoms with Gasteiger partial charge in [-0.25, -0.2) is 0 Å². The summed E-state index contributed by atoms with van der Waals surface area (Å²) in [5.41, 5.74) is 2.00. The number of halogens is 2. The average molecular weight is 378 g/mol. The predicted octanol–water partition coefficient (Wildman–Crippen LogP) is 4.33. The first-order valence-electron chi connectivity index (χ1n) is 8.36. The molecule has 0 radical (unpaired) electrons.